The van der Waals surface area contributed by atoms with Crippen molar-refractivity contribution in [2.24, 2.45) is 5.92 Å². The lowest BCUT2D eigenvalue weighted by Crippen LogP contribution is -2.05. The summed E-state index contributed by atoms with van der Waals surface area (Å²) in [6.45, 7) is 0. The number of halogens is 2. The fourth-order valence-corrected chi connectivity index (χ4v) is 4.40. The molecule has 0 aliphatic heterocycles. The Morgan fingerprint density at radius 2 is 1.81 bits per heavy atom. The normalized spacial score (nSPS) is 18.1. The number of hydrogen-bond donors (Lipinski definition) is 0. The van der Waals surface area contributed by atoms with Gasteiger partial charge in [-0.05, 0) is 18.4 Å². The molecule has 0 N–H and O–H groups in total. The lowest BCUT2D eigenvalue weighted by atomic mass is 9.92. The Kier molecular flexibility index (Phi) is 6.69. The van der Waals surface area contributed by atoms with E-state index < -0.39 is 0 Å². The third-order valence-corrected chi connectivity index (χ3v) is 5.59. The monoisotopic (exact) mass is 374 g/mol. The average Bonchev–Trinajstić information content (AvgIpc) is 2.75. The first-order chi connectivity index (χ1) is 10.2. The van der Waals surface area contributed by atoms with Crippen LogP contribution in [0, 0.1) is 5.92 Å². The van der Waals surface area contributed by atoms with Gasteiger partial charge in [-0.15, -0.1) is 0 Å². The molecular formula is C17H24BrClO2. The number of hydrogen-bond acceptors (Lipinski definition) is 2. The Hall–Kier alpha value is -0.410. The van der Waals surface area contributed by atoms with Gasteiger partial charge in [-0.25, -0.2) is 0 Å². The fraction of sp³-hybridized carbons (Fsp3) is 0.647. The summed E-state index contributed by atoms with van der Waals surface area (Å²) in [7, 11) is 3.28. The largest absolute Gasteiger partial charge is 0.495 e. The van der Waals surface area contributed by atoms with Gasteiger partial charge in [0, 0.05) is 10.4 Å². The predicted octanol–water partition coefficient (Wildman–Crippen LogP) is 6.15. The van der Waals surface area contributed by atoms with E-state index in [0.29, 0.717) is 10.8 Å². The minimum Gasteiger partial charge on any atom is -0.495 e. The molecule has 0 saturated heterocycles. The van der Waals surface area contributed by atoms with E-state index in [4.69, 9.17) is 21.1 Å². The Morgan fingerprint density at radius 1 is 1.14 bits per heavy atom. The highest BCUT2D eigenvalue weighted by atomic mass is 79.9. The summed E-state index contributed by atoms with van der Waals surface area (Å²) in [5.41, 5.74) is 1.12. The van der Waals surface area contributed by atoms with E-state index in [-0.39, 0.29) is 4.83 Å². The summed E-state index contributed by atoms with van der Waals surface area (Å²) < 4.78 is 10.8. The van der Waals surface area contributed by atoms with E-state index in [2.05, 4.69) is 22.0 Å². The Morgan fingerprint density at radius 3 is 2.38 bits per heavy atom. The van der Waals surface area contributed by atoms with Crippen LogP contribution in [-0.2, 0) is 0 Å². The number of methoxy groups -OCH3 is 2. The molecule has 1 aromatic carbocycles. The van der Waals surface area contributed by atoms with Crippen LogP contribution in [0.5, 0.6) is 11.5 Å². The first-order valence-corrected chi connectivity index (χ1v) is 9.01. The number of alkyl halides is 1. The standard InChI is InChI=1S/C17H24BrClO2/c1-20-15-10-9-13(17(21-2)16(15)19)14(18)11-12-7-5-3-4-6-8-12/h9-10,12,14H,3-8,11H2,1-2H3. The molecule has 21 heavy (non-hydrogen) atoms. The molecule has 1 saturated carbocycles. The van der Waals surface area contributed by atoms with E-state index in [0.717, 1.165) is 23.7 Å². The van der Waals surface area contributed by atoms with Gasteiger partial charge >= 0.3 is 0 Å². The van der Waals surface area contributed by atoms with E-state index in [1.807, 2.05) is 6.07 Å². The maximum Gasteiger partial charge on any atom is 0.145 e. The number of rotatable bonds is 5. The van der Waals surface area contributed by atoms with E-state index in [9.17, 15) is 0 Å². The van der Waals surface area contributed by atoms with Crippen LogP contribution in [0.25, 0.3) is 0 Å². The molecule has 0 heterocycles. The Labute approximate surface area is 141 Å². The molecule has 0 aromatic heterocycles. The minimum atomic E-state index is 0.277. The summed E-state index contributed by atoms with van der Waals surface area (Å²) in [6, 6.07) is 3.97. The molecule has 118 valence electrons. The van der Waals surface area contributed by atoms with Crippen molar-refractivity contribution in [2.75, 3.05) is 14.2 Å². The molecule has 0 radical (unpaired) electrons. The molecule has 1 atom stereocenters. The second-order valence-electron chi connectivity index (χ2n) is 5.77. The first-order valence-electron chi connectivity index (χ1n) is 7.71. The van der Waals surface area contributed by atoms with Gasteiger partial charge in [-0.3, -0.25) is 0 Å². The van der Waals surface area contributed by atoms with Crippen molar-refractivity contribution in [3.05, 3.63) is 22.7 Å². The second kappa shape index (κ2) is 8.28. The van der Waals surface area contributed by atoms with Gasteiger partial charge in [-0.1, -0.05) is 72.1 Å². The molecule has 0 amide bonds. The van der Waals surface area contributed by atoms with Crippen LogP contribution in [0.15, 0.2) is 12.1 Å². The van der Waals surface area contributed by atoms with Gasteiger partial charge in [0.2, 0.25) is 0 Å². The zero-order valence-electron chi connectivity index (χ0n) is 12.8. The van der Waals surface area contributed by atoms with Crippen LogP contribution in [0.1, 0.15) is 55.3 Å². The van der Waals surface area contributed by atoms with Crippen LogP contribution in [0.4, 0.5) is 0 Å². The topological polar surface area (TPSA) is 18.5 Å². The van der Waals surface area contributed by atoms with Crippen molar-refractivity contribution in [1.29, 1.82) is 0 Å². The predicted molar refractivity (Wildman–Crippen MR) is 92.0 cm³/mol. The van der Waals surface area contributed by atoms with Crippen molar-refractivity contribution in [1.82, 2.24) is 0 Å². The van der Waals surface area contributed by atoms with Crippen molar-refractivity contribution < 1.29 is 9.47 Å². The highest BCUT2D eigenvalue weighted by Gasteiger charge is 2.22. The van der Waals surface area contributed by atoms with Crippen molar-refractivity contribution in [3.8, 4) is 11.5 Å². The van der Waals surface area contributed by atoms with Crippen molar-refractivity contribution in [2.45, 2.75) is 49.8 Å². The molecular weight excluding hydrogens is 352 g/mol. The lowest BCUT2D eigenvalue weighted by Gasteiger charge is -2.21. The van der Waals surface area contributed by atoms with Gasteiger partial charge in [0.05, 0.1) is 14.2 Å². The highest BCUT2D eigenvalue weighted by Crippen LogP contribution is 2.44. The molecule has 1 fully saturated rings. The summed E-state index contributed by atoms with van der Waals surface area (Å²) in [5.74, 6) is 2.18. The second-order valence-corrected chi connectivity index (χ2v) is 7.25. The molecule has 1 unspecified atom stereocenters. The SMILES string of the molecule is COc1ccc(C(Br)CC2CCCCCC2)c(OC)c1Cl. The van der Waals surface area contributed by atoms with Crippen LogP contribution < -0.4 is 9.47 Å². The average molecular weight is 376 g/mol. The zero-order valence-corrected chi connectivity index (χ0v) is 15.2. The smallest absolute Gasteiger partial charge is 0.145 e. The van der Waals surface area contributed by atoms with E-state index >= 15 is 0 Å². The third kappa shape index (κ3) is 4.29. The lowest BCUT2D eigenvalue weighted by molar-refractivity contribution is 0.385. The summed E-state index contributed by atoms with van der Waals surface area (Å²) >= 11 is 10.2. The Balaban J connectivity index is 2.14. The number of benzene rings is 1. The fourth-order valence-electron chi connectivity index (χ4n) is 3.18. The third-order valence-electron chi connectivity index (χ3n) is 4.37. The molecule has 2 nitrogen and oxygen atoms in total. The summed E-state index contributed by atoms with van der Waals surface area (Å²) in [5, 5.41) is 0.558. The highest BCUT2D eigenvalue weighted by molar-refractivity contribution is 9.09. The maximum absolute atomic E-state index is 6.36. The maximum atomic E-state index is 6.36. The summed E-state index contributed by atoms with van der Waals surface area (Å²) in [4.78, 5) is 0.277. The van der Waals surface area contributed by atoms with Gasteiger partial charge < -0.3 is 9.47 Å². The molecule has 0 spiro atoms. The van der Waals surface area contributed by atoms with Gasteiger partial charge in [-0.2, -0.15) is 0 Å². The summed E-state index contributed by atoms with van der Waals surface area (Å²) in [6.07, 6.45) is 9.33. The van der Waals surface area contributed by atoms with Crippen LogP contribution in [-0.4, -0.2) is 14.2 Å². The molecule has 0 bridgehead atoms. The van der Waals surface area contributed by atoms with Crippen molar-refractivity contribution in [3.63, 3.8) is 0 Å². The van der Waals surface area contributed by atoms with E-state index in [1.165, 1.54) is 38.5 Å². The quantitative estimate of drug-likeness (QED) is 0.453. The van der Waals surface area contributed by atoms with Crippen molar-refractivity contribution >= 4 is 27.5 Å². The van der Waals surface area contributed by atoms with Crippen LogP contribution in [0.2, 0.25) is 5.02 Å². The molecule has 1 aliphatic rings. The van der Waals surface area contributed by atoms with Crippen LogP contribution in [0.3, 0.4) is 0 Å². The van der Waals surface area contributed by atoms with E-state index in [1.54, 1.807) is 14.2 Å². The van der Waals surface area contributed by atoms with Gasteiger partial charge in [0.15, 0.2) is 0 Å². The number of ether oxygens (including phenoxy) is 2. The van der Waals surface area contributed by atoms with Gasteiger partial charge in [0.1, 0.15) is 16.5 Å². The zero-order chi connectivity index (χ0) is 15.2. The molecule has 1 aliphatic carbocycles. The minimum absolute atomic E-state index is 0.277. The van der Waals surface area contributed by atoms with Gasteiger partial charge in [0.25, 0.3) is 0 Å². The Bertz CT molecular complexity index is 456. The molecule has 2 rings (SSSR count). The molecule has 1 aromatic rings. The van der Waals surface area contributed by atoms with Crippen LogP contribution >= 0.6 is 27.5 Å². The molecule has 4 heteroatoms. The first kappa shape index (κ1) is 17.0.